The number of amides is 1. The van der Waals surface area contributed by atoms with Gasteiger partial charge in [0.05, 0.1) is 5.69 Å². The number of aromatic nitrogens is 3. The third-order valence-corrected chi connectivity index (χ3v) is 6.87. The molecule has 1 fully saturated rings. The van der Waals surface area contributed by atoms with Crippen LogP contribution in [0.1, 0.15) is 61.6 Å². The zero-order valence-corrected chi connectivity index (χ0v) is 21.7. The highest BCUT2D eigenvalue weighted by Crippen LogP contribution is 2.36. The van der Waals surface area contributed by atoms with E-state index in [2.05, 4.69) is 52.5 Å². The predicted octanol–water partition coefficient (Wildman–Crippen LogP) is 5.98. The number of anilines is 3. The molecule has 0 aromatic carbocycles. The van der Waals surface area contributed by atoms with E-state index in [0.717, 1.165) is 42.5 Å². The van der Waals surface area contributed by atoms with Gasteiger partial charge in [-0.1, -0.05) is 25.0 Å². The van der Waals surface area contributed by atoms with Gasteiger partial charge in [0.2, 0.25) is 11.9 Å². The molecule has 1 aliphatic heterocycles. The van der Waals surface area contributed by atoms with Crippen LogP contribution in [0.15, 0.2) is 34.5 Å². The van der Waals surface area contributed by atoms with Crippen LogP contribution in [0.25, 0.3) is 0 Å². The Bertz CT molecular complexity index is 1110. The molecule has 35 heavy (non-hydrogen) atoms. The maximum atomic E-state index is 13.8. The molecule has 188 valence electrons. The van der Waals surface area contributed by atoms with Crippen molar-refractivity contribution in [1.82, 2.24) is 15.0 Å². The minimum absolute atomic E-state index is 0.0365. The fourth-order valence-electron chi connectivity index (χ4n) is 4.76. The Labute approximate surface area is 213 Å². The van der Waals surface area contributed by atoms with Gasteiger partial charge in [-0.05, 0) is 54.1 Å². The van der Waals surface area contributed by atoms with Crippen LogP contribution in [0, 0.1) is 12.8 Å². The Morgan fingerprint density at radius 2 is 2.11 bits per heavy atom. The molecule has 3 heterocycles. The molecule has 1 unspecified atom stereocenters. The summed E-state index contributed by atoms with van der Waals surface area (Å²) in [6, 6.07) is 3.57. The molecule has 2 aromatic rings. The number of carbonyl (C=O) groups excluding carboxylic acids is 1. The minimum Gasteiger partial charge on any atom is -0.369 e. The summed E-state index contributed by atoms with van der Waals surface area (Å²) in [5, 5.41) is 5.67. The molecule has 1 aliphatic carbocycles. The summed E-state index contributed by atoms with van der Waals surface area (Å²) in [7, 11) is 0. The molecule has 2 N–H and O–H groups in total. The van der Waals surface area contributed by atoms with Crippen LogP contribution in [0.3, 0.4) is 0 Å². The Balaban J connectivity index is 1.47. The molecule has 0 saturated carbocycles. The first-order valence-corrected chi connectivity index (χ1v) is 12.9. The minimum atomic E-state index is -2.73. The molecule has 0 radical (unpaired) electrons. The van der Waals surface area contributed by atoms with Crippen molar-refractivity contribution in [2.75, 3.05) is 35.2 Å². The van der Waals surface area contributed by atoms with Crippen LogP contribution in [0.4, 0.5) is 26.2 Å². The first kappa shape index (κ1) is 25.5. The Hall–Kier alpha value is -2.62. The highest BCUT2D eigenvalue weighted by Gasteiger charge is 2.30. The van der Waals surface area contributed by atoms with E-state index in [-0.39, 0.29) is 31.2 Å². The van der Waals surface area contributed by atoms with Gasteiger partial charge < -0.3 is 15.5 Å². The molecule has 4 rings (SSSR count). The molecule has 0 bridgehead atoms. The lowest BCUT2D eigenvalue weighted by atomic mass is 9.93. The van der Waals surface area contributed by atoms with Gasteiger partial charge in [-0.25, -0.2) is 18.7 Å². The fourth-order valence-corrected chi connectivity index (χ4v) is 5.08. The van der Waals surface area contributed by atoms with Crippen molar-refractivity contribution in [3.63, 3.8) is 0 Å². The zero-order valence-electron chi connectivity index (χ0n) is 20.1. The lowest BCUT2D eigenvalue weighted by Gasteiger charge is -2.35. The number of halogens is 3. The number of hydrogen-bond acceptors (Lipinski definition) is 6. The number of alkyl halides is 2. The topological polar surface area (TPSA) is 83.0 Å². The largest absolute Gasteiger partial charge is 0.369 e. The molecule has 1 amide bonds. The number of rotatable bonds is 9. The van der Waals surface area contributed by atoms with Crippen LogP contribution in [0.2, 0.25) is 0 Å². The number of aryl methyl sites for hydroxylation is 1. The van der Waals surface area contributed by atoms with Gasteiger partial charge in [-0.15, -0.1) is 0 Å². The van der Waals surface area contributed by atoms with Gasteiger partial charge in [0.25, 0.3) is 5.91 Å². The summed E-state index contributed by atoms with van der Waals surface area (Å²) in [5.74, 6) is -2.08. The third kappa shape index (κ3) is 6.54. The summed E-state index contributed by atoms with van der Waals surface area (Å²) in [5.41, 5.74) is 3.24. The van der Waals surface area contributed by atoms with E-state index < -0.39 is 5.92 Å². The second-order valence-electron chi connectivity index (χ2n) is 9.23. The lowest BCUT2D eigenvalue weighted by Crippen LogP contribution is -2.37. The summed E-state index contributed by atoms with van der Waals surface area (Å²) in [4.78, 5) is 28.5. The van der Waals surface area contributed by atoms with Crippen molar-refractivity contribution in [2.24, 2.45) is 5.92 Å². The van der Waals surface area contributed by atoms with Gasteiger partial charge in [-0.3, -0.25) is 4.79 Å². The first-order valence-electron chi connectivity index (χ1n) is 12.1. The van der Waals surface area contributed by atoms with E-state index in [1.54, 1.807) is 26.1 Å². The molecule has 10 heteroatoms. The summed E-state index contributed by atoms with van der Waals surface area (Å²) < 4.78 is 28.4. The molecule has 0 spiro atoms. The van der Waals surface area contributed by atoms with Crippen molar-refractivity contribution in [3.05, 3.63) is 45.8 Å². The number of hydrogen-bond donors (Lipinski definition) is 2. The number of fused-ring (bicyclic) bond motifs is 1. The van der Waals surface area contributed by atoms with Gasteiger partial charge in [0.1, 0.15) is 5.82 Å². The standard InChI is InChI=1S/C25H31BrF2N6O/c1-3-8-25(27,28)9-10-29-24-31-16(2)12-21(33-24)32-23(35)22-20(13-19(26)14-30-22)34-11-7-17-5-4-6-18(17)15-34/h5,12-14,18H,3-4,6-11,15H2,1-2H3,(H2,29,31,32,33,35). The fraction of sp³-hybridized carbons (Fsp3) is 0.520. The number of piperidine rings is 1. The number of pyridine rings is 1. The predicted molar refractivity (Wildman–Crippen MR) is 137 cm³/mol. The monoisotopic (exact) mass is 548 g/mol. The van der Waals surface area contributed by atoms with Crippen molar-refractivity contribution in [2.45, 2.75) is 58.3 Å². The number of nitrogens with zero attached hydrogens (tertiary/aromatic N) is 4. The number of allylic oxidation sites excluding steroid dienone is 1. The van der Waals surface area contributed by atoms with Gasteiger partial charge >= 0.3 is 0 Å². The Morgan fingerprint density at radius 3 is 2.91 bits per heavy atom. The average Bonchev–Trinajstić information content (AvgIpc) is 3.26. The van der Waals surface area contributed by atoms with Crippen molar-refractivity contribution >= 4 is 39.3 Å². The van der Waals surface area contributed by atoms with Crippen molar-refractivity contribution in [1.29, 1.82) is 0 Å². The molecule has 2 aromatic heterocycles. The van der Waals surface area contributed by atoms with Crippen LogP contribution >= 0.6 is 15.9 Å². The maximum Gasteiger partial charge on any atom is 0.277 e. The maximum absolute atomic E-state index is 13.8. The van der Waals surface area contributed by atoms with Gasteiger partial charge in [0, 0.05) is 54.9 Å². The van der Waals surface area contributed by atoms with Crippen molar-refractivity contribution < 1.29 is 13.6 Å². The van der Waals surface area contributed by atoms with Crippen LogP contribution in [-0.2, 0) is 0 Å². The van der Waals surface area contributed by atoms with E-state index in [1.165, 1.54) is 5.57 Å². The molecule has 2 aliphatic rings. The van der Waals surface area contributed by atoms with Gasteiger partial charge in [-0.2, -0.15) is 4.98 Å². The second kappa shape index (κ2) is 11.0. The molecule has 1 saturated heterocycles. The summed E-state index contributed by atoms with van der Waals surface area (Å²) in [6.45, 7) is 5.24. The third-order valence-electron chi connectivity index (χ3n) is 6.43. The van der Waals surface area contributed by atoms with Crippen LogP contribution < -0.4 is 15.5 Å². The van der Waals surface area contributed by atoms with E-state index in [0.29, 0.717) is 29.5 Å². The first-order chi connectivity index (χ1) is 16.7. The smallest absolute Gasteiger partial charge is 0.277 e. The van der Waals surface area contributed by atoms with E-state index in [9.17, 15) is 13.6 Å². The highest BCUT2D eigenvalue weighted by molar-refractivity contribution is 9.10. The Morgan fingerprint density at radius 1 is 1.29 bits per heavy atom. The highest BCUT2D eigenvalue weighted by atomic mass is 79.9. The quantitative estimate of drug-likeness (QED) is 0.375. The van der Waals surface area contributed by atoms with Gasteiger partial charge in [0.15, 0.2) is 5.69 Å². The van der Waals surface area contributed by atoms with E-state index in [1.807, 2.05) is 6.07 Å². The SMILES string of the molecule is CCCC(F)(F)CCNc1nc(C)cc(NC(=O)c2ncc(Br)cc2N2CCC3=CCCC3C2)n1. The zero-order chi connectivity index (χ0) is 25.0. The molecular weight excluding hydrogens is 518 g/mol. The molecule has 7 nitrogen and oxygen atoms in total. The van der Waals surface area contributed by atoms with Crippen molar-refractivity contribution in [3.8, 4) is 0 Å². The number of carbonyl (C=O) groups is 1. The van der Waals surface area contributed by atoms with E-state index >= 15 is 0 Å². The summed E-state index contributed by atoms with van der Waals surface area (Å²) in [6.07, 6.45) is 7.19. The lowest BCUT2D eigenvalue weighted by molar-refractivity contribution is -0.0133. The van der Waals surface area contributed by atoms with Crippen LogP contribution in [0.5, 0.6) is 0 Å². The Kier molecular flexibility index (Phi) is 7.98. The molecule has 1 atom stereocenters. The number of nitrogens with one attached hydrogen (secondary N) is 2. The molecular formula is C25H31BrF2N6O. The second-order valence-corrected chi connectivity index (χ2v) is 10.1. The van der Waals surface area contributed by atoms with E-state index in [4.69, 9.17) is 0 Å². The average molecular weight is 549 g/mol. The summed E-state index contributed by atoms with van der Waals surface area (Å²) >= 11 is 3.49. The normalized spacial score (nSPS) is 17.7. The van der Waals surface area contributed by atoms with Crippen LogP contribution in [-0.4, -0.2) is 46.4 Å².